The lowest BCUT2D eigenvalue weighted by Crippen LogP contribution is -2.20. The second kappa shape index (κ2) is 5.48. The minimum atomic E-state index is -4.35. The second-order valence-corrected chi connectivity index (χ2v) is 4.38. The number of para-hydroxylation sites is 1. The third-order valence-electron chi connectivity index (χ3n) is 2.83. The lowest BCUT2D eigenvalue weighted by molar-refractivity contribution is -0.153. The molecule has 2 rings (SSSR count). The number of hydrogen-bond acceptors (Lipinski definition) is 2. The van der Waals surface area contributed by atoms with Crippen molar-refractivity contribution < 1.29 is 17.9 Å². The van der Waals surface area contributed by atoms with E-state index in [-0.39, 0.29) is 5.75 Å². The van der Waals surface area contributed by atoms with Gasteiger partial charge in [0.1, 0.15) is 5.75 Å². The first kappa shape index (κ1) is 14.3. The number of benzene rings is 1. The van der Waals surface area contributed by atoms with E-state index in [1.54, 1.807) is 30.1 Å². The molecule has 1 heterocycles. The molecule has 0 bridgehead atoms. The van der Waals surface area contributed by atoms with Gasteiger partial charge in [-0.05, 0) is 24.6 Å². The Bertz CT molecular complexity index is 590. The number of nitrogens with zero attached hydrogens (tertiary/aromatic N) is 1. The average Bonchev–Trinajstić information content (AvgIpc) is 2.84. The van der Waals surface area contributed by atoms with Crippen LogP contribution >= 0.6 is 0 Å². The highest BCUT2D eigenvalue weighted by atomic mass is 19.4. The van der Waals surface area contributed by atoms with Gasteiger partial charge < -0.3 is 14.6 Å². The van der Waals surface area contributed by atoms with Crippen molar-refractivity contribution in [3.63, 3.8) is 0 Å². The van der Waals surface area contributed by atoms with Crippen LogP contribution in [-0.2, 0) is 0 Å². The summed E-state index contributed by atoms with van der Waals surface area (Å²) in [7, 11) is 1.78. The standard InChI is InChI=1S/C14H15F3N2O/c1-10-4-3-5-12(20-9-14(15,16)17)13(10)19-7-6-11(8-19)18-2/h3-8,18H,9H2,1-2H3. The Labute approximate surface area is 115 Å². The van der Waals surface area contributed by atoms with Crippen molar-refractivity contribution in [2.24, 2.45) is 0 Å². The molecule has 0 aliphatic carbocycles. The van der Waals surface area contributed by atoms with Gasteiger partial charge in [-0.1, -0.05) is 12.1 Å². The summed E-state index contributed by atoms with van der Waals surface area (Å²) in [5, 5.41) is 2.97. The molecule has 0 atom stereocenters. The van der Waals surface area contributed by atoms with E-state index in [0.717, 1.165) is 11.3 Å². The Kier molecular flexibility index (Phi) is 3.92. The van der Waals surface area contributed by atoms with Gasteiger partial charge in [-0.25, -0.2) is 0 Å². The van der Waals surface area contributed by atoms with Crippen LogP contribution in [0.15, 0.2) is 36.7 Å². The summed E-state index contributed by atoms with van der Waals surface area (Å²) >= 11 is 0. The Morgan fingerprint density at radius 2 is 2.00 bits per heavy atom. The fraction of sp³-hybridized carbons (Fsp3) is 0.286. The zero-order valence-corrected chi connectivity index (χ0v) is 11.2. The molecule has 3 nitrogen and oxygen atoms in total. The zero-order valence-electron chi connectivity index (χ0n) is 11.2. The number of aromatic nitrogens is 1. The van der Waals surface area contributed by atoms with Crippen LogP contribution in [0, 0.1) is 6.92 Å². The van der Waals surface area contributed by atoms with E-state index in [1.807, 2.05) is 19.1 Å². The molecule has 6 heteroatoms. The fourth-order valence-electron chi connectivity index (χ4n) is 1.92. The quantitative estimate of drug-likeness (QED) is 0.925. The molecule has 0 saturated carbocycles. The highest BCUT2D eigenvalue weighted by Crippen LogP contribution is 2.29. The van der Waals surface area contributed by atoms with Crippen LogP contribution in [0.4, 0.5) is 18.9 Å². The predicted octanol–water partition coefficient (Wildman–Crippen LogP) is 3.77. The average molecular weight is 284 g/mol. The number of anilines is 1. The highest BCUT2D eigenvalue weighted by molar-refractivity contribution is 5.55. The molecule has 1 aromatic carbocycles. The maximum Gasteiger partial charge on any atom is 0.422 e. The van der Waals surface area contributed by atoms with Crippen LogP contribution in [0.25, 0.3) is 5.69 Å². The van der Waals surface area contributed by atoms with Crippen molar-refractivity contribution in [2.45, 2.75) is 13.1 Å². The number of aryl methyl sites for hydroxylation is 1. The van der Waals surface area contributed by atoms with Crippen LogP contribution in [0.5, 0.6) is 5.75 Å². The summed E-state index contributed by atoms with van der Waals surface area (Å²) in [4.78, 5) is 0. The first-order valence-corrected chi connectivity index (χ1v) is 6.06. The first-order chi connectivity index (χ1) is 9.40. The van der Waals surface area contributed by atoms with Crippen molar-refractivity contribution >= 4 is 5.69 Å². The Morgan fingerprint density at radius 1 is 1.25 bits per heavy atom. The Morgan fingerprint density at radius 3 is 2.60 bits per heavy atom. The normalized spacial score (nSPS) is 11.4. The SMILES string of the molecule is CNc1ccn(-c2c(C)cccc2OCC(F)(F)F)c1. The van der Waals surface area contributed by atoms with Gasteiger partial charge in [0.15, 0.2) is 6.61 Å². The molecule has 0 spiro atoms. The third kappa shape index (κ3) is 3.26. The van der Waals surface area contributed by atoms with Gasteiger partial charge in [0.2, 0.25) is 0 Å². The number of rotatable bonds is 4. The van der Waals surface area contributed by atoms with Crippen LogP contribution in [0.1, 0.15) is 5.56 Å². The molecule has 0 amide bonds. The lowest BCUT2D eigenvalue weighted by Gasteiger charge is -2.15. The number of alkyl halides is 3. The Hall–Kier alpha value is -2.11. The second-order valence-electron chi connectivity index (χ2n) is 4.38. The molecule has 1 aromatic heterocycles. The van der Waals surface area contributed by atoms with E-state index < -0.39 is 12.8 Å². The largest absolute Gasteiger partial charge is 0.482 e. The van der Waals surface area contributed by atoms with E-state index in [1.165, 1.54) is 6.07 Å². The molecule has 0 aliphatic heterocycles. The summed E-state index contributed by atoms with van der Waals surface area (Å²) in [6, 6.07) is 6.87. The van der Waals surface area contributed by atoms with Crippen LogP contribution in [0.2, 0.25) is 0 Å². The van der Waals surface area contributed by atoms with Gasteiger partial charge in [-0.2, -0.15) is 13.2 Å². The lowest BCUT2D eigenvalue weighted by atomic mass is 10.2. The van der Waals surface area contributed by atoms with E-state index >= 15 is 0 Å². The summed E-state index contributed by atoms with van der Waals surface area (Å²) < 4.78 is 43.5. The maximum absolute atomic E-state index is 12.3. The number of halogens is 3. The zero-order chi connectivity index (χ0) is 14.8. The summed E-state index contributed by atoms with van der Waals surface area (Å²) in [6.07, 6.45) is -0.786. The van der Waals surface area contributed by atoms with Crippen LogP contribution in [-0.4, -0.2) is 24.4 Å². The third-order valence-corrected chi connectivity index (χ3v) is 2.83. The predicted molar refractivity (Wildman–Crippen MR) is 71.6 cm³/mol. The molecule has 0 fully saturated rings. The minimum Gasteiger partial charge on any atom is -0.482 e. The van der Waals surface area contributed by atoms with Crippen LogP contribution in [0.3, 0.4) is 0 Å². The molecule has 1 N–H and O–H groups in total. The van der Waals surface area contributed by atoms with Crippen molar-refractivity contribution in [2.75, 3.05) is 19.0 Å². The van der Waals surface area contributed by atoms with Gasteiger partial charge in [0.05, 0.1) is 11.4 Å². The number of nitrogens with one attached hydrogen (secondary N) is 1. The van der Waals surface area contributed by atoms with E-state index in [9.17, 15) is 13.2 Å². The summed E-state index contributed by atoms with van der Waals surface area (Å²) in [5.74, 6) is 0.209. The number of ether oxygens (including phenoxy) is 1. The number of hydrogen-bond donors (Lipinski definition) is 1. The summed E-state index contributed by atoms with van der Waals surface area (Å²) in [5.41, 5.74) is 2.32. The van der Waals surface area contributed by atoms with Gasteiger partial charge in [-0.3, -0.25) is 0 Å². The smallest absolute Gasteiger partial charge is 0.422 e. The molecular weight excluding hydrogens is 269 g/mol. The topological polar surface area (TPSA) is 26.2 Å². The molecule has 0 aliphatic rings. The molecule has 0 radical (unpaired) electrons. The molecule has 108 valence electrons. The Balaban J connectivity index is 2.35. The van der Waals surface area contributed by atoms with Crippen molar-refractivity contribution in [3.05, 3.63) is 42.2 Å². The van der Waals surface area contributed by atoms with E-state index in [4.69, 9.17) is 4.74 Å². The van der Waals surface area contributed by atoms with Crippen molar-refractivity contribution in [1.82, 2.24) is 4.57 Å². The van der Waals surface area contributed by atoms with Crippen molar-refractivity contribution in [3.8, 4) is 11.4 Å². The molecule has 2 aromatic rings. The molecule has 0 unspecified atom stereocenters. The maximum atomic E-state index is 12.3. The van der Waals surface area contributed by atoms with Gasteiger partial charge >= 0.3 is 6.18 Å². The van der Waals surface area contributed by atoms with E-state index in [2.05, 4.69) is 5.32 Å². The summed E-state index contributed by atoms with van der Waals surface area (Å²) in [6.45, 7) is 0.526. The molecular formula is C14H15F3N2O. The fourth-order valence-corrected chi connectivity index (χ4v) is 1.92. The van der Waals surface area contributed by atoms with Gasteiger partial charge in [0, 0.05) is 19.4 Å². The monoisotopic (exact) mass is 284 g/mol. The minimum absolute atomic E-state index is 0.209. The van der Waals surface area contributed by atoms with E-state index in [0.29, 0.717) is 5.69 Å². The highest BCUT2D eigenvalue weighted by Gasteiger charge is 2.29. The van der Waals surface area contributed by atoms with Crippen LogP contribution < -0.4 is 10.1 Å². The van der Waals surface area contributed by atoms with Gasteiger partial charge in [0.25, 0.3) is 0 Å². The molecule has 20 heavy (non-hydrogen) atoms. The molecule has 0 saturated heterocycles. The van der Waals surface area contributed by atoms with Gasteiger partial charge in [-0.15, -0.1) is 0 Å². The van der Waals surface area contributed by atoms with Crippen molar-refractivity contribution in [1.29, 1.82) is 0 Å². The first-order valence-electron chi connectivity index (χ1n) is 6.06.